The summed E-state index contributed by atoms with van der Waals surface area (Å²) >= 11 is 0. The lowest BCUT2D eigenvalue weighted by Gasteiger charge is -2.38. The quantitative estimate of drug-likeness (QED) is 0.868. The van der Waals surface area contributed by atoms with E-state index in [9.17, 15) is 4.79 Å². The Morgan fingerprint density at radius 1 is 1.26 bits per heavy atom. The smallest absolute Gasteiger partial charge is 0.224 e. The van der Waals surface area contributed by atoms with Gasteiger partial charge in [0.25, 0.3) is 0 Å². The fourth-order valence-electron chi connectivity index (χ4n) is 4.33. The molecular formula is C17H23NO. The van der Waals surface area contributed by atoms with Crippen molar-refractivity contribution in [1.29, 1.82) is 0 Å². The van der Waals surface area contributed by atoms with E-state index >= 15 is 0 Å². The number of carbonyl (C=O) groups is 1. The maximum absolute atomic E-state index is 12.2. The highest BCUT2D eigenvalue weighted by Gasteiger charge is 2.52. The molecule has 2 saturated carbocycles. The van der Waals surface area contributed by atoms with Crippen molar-refractivity contribution in [3.8, 4) is 0 Å². The molecule has 102 valence electrons. The highest BCUT2D eigenvalue weighted by Crippen LogP contribution is 2.60. The van der Waals surface area contributed by atoms with E-state index in [0.717, 1.165) is 17.5 Å². The normalized spacial score (nSPS) is 31.4. The Bertz CT molecular complexity index is 465. The van der Waals surface area contributed by atoms with Gasteiger partial charge in [-0.3, -0.25) is 4.79 Å². The van der Waals surface area contributed by atoms with Crippen molar-refractivity contribution in [3.05, 3.63) is 30.3 Å². The Kier molecular flexibility index (Phi) is 3.12. The molecule has 3 rings (SSSR count). The lowest BCUT2D eigenvalue weighted by atomic mass is 9.67. The van der Waals surface area contributed by atoms with Crippen molar-refractivity contribution in [2.45, 2.75) is 39.5 Å². The summed E-state index contributed by atoms with van der Waals surface area (Å²) in [6.45, 7) is 4.72. The van der Waals surface area contributed by atoms with Crippen LogP contribution in [0.2, 0.25) is 0 Å². The van der Waals surface area contributed by atoms with Crippen LogP contribution in [0.5, 0.6) is 0 Å². The molecule has 2 aliphatic carbocycles. The zero-order chi connectivity index (χ0) is 13.5. The van der Waals surface area contributed by atoms with Gasteiger partial charge in [0.05, 0.1) is 0 Å². The molecule has 1 amide bonds. The lowest BCUT2D eigenvalue weighted by Crippen LogP contribution is -2.33. The van der Waals surface area contributed by atoms with E-state index in [2.05, 4.69) is 19.2 Å². The van der Waals surface area contributed by atoms with Gasteiger partial charge in [-0.15, -0.1) is 0 Å². The molecule has 0 unspecified atom stereocenters. The predicted octanol–water partition coefficient (Wildman–Crippen LogP) is 4.09. The first-order valence-corrected chi connectivity index (χ1v) is 7.42. The first-order chi connectivity index (χ1) is 9.07. The highest BCUT2D eigenvalue weighted by molar-refractivity contribution is 5.90. The summed E-state index contributed by atoms with van der Waals surface area (Å²) in [4.78, 5) is 12.2. The summed E-state index contributed by atoms with van der Waals surface area (Å²) < 4.78 is 0. The molecule has 0 radical (unpaired) electrons. The Balaban J connectivity index is 1.64. The Labute approximate surface area is 115 Å². The summed E-state index contributed by atoms with van der Waals surface area (Å²) in [5, 5.41) is 3.03. The molecule has 2 aliphatic rings. The molecule has 1 aromatic rings. The van der Waals surface area contributed by atoms with Gasteiger partial charge in [-0.1, -0.05) is 32.0 Å². The van der Waals surface area contributed by atoms with Gasteiger partial charge >= 0.3 is 0 Å². The minimum atomic E-state index is 0.178. The van der Waals surface area contributed by atoms with Crippen LogP contribution in [-0.4, -0.2) is 5.91 Å². The number of rotatable bonds is 3. The maximum Gasteiger partial charge on any atom is 0.224 e. The number of carbonyl (C=O) groups excluding carboxylic acids is 1. The third-order valence-corrected chi connectivity index (χ3v) is 5.51. The topological polar surface area (TPSA) is 29.1 Å². The molecule has 1 aromatic carbocycles. The van der Waals surface area contributed by atoms with Gasteiger partial charge < -0.3 is 5.32 Å². The molecule has 3 atom stereocenters. The summed E-state index contributed by atoms with van der Waals surface area (Å²) in [5.74, 6) is 2.36. The fourth-order valence-corrected chi connectivity index (χ4v) is 4.33. The molecule has 2 heteroatoms. The largest absolute Gasteiger partial charge is 0.326 e. The van der Waals surface area contributed by atoms with Crippen molar-refractivity contribution in [2.24, 2.45) is 23.2 Å². The van der Waals surface area contributed by atoms with Crippen LogP contribution in [0.1, 0.15) is 39.5 Å². The molecule has 2 bridgehead atoms. The Morgan fingerprint density at radius 3 is 2.63 bits per heavy atom. The van der Waals surface area contributed by atoms with Crippen LogP contribution in [0.3, 0.4) is 0 Å². The summed E-state index contributed by atoms with van der Waals surface area (Å²) in [6.07, 6.45) is 4.73. The molecule has 2 nitrogen and oxygen atoms in total. The third-order valence-electron chi connectivity index (χ3n) is 5.51. The summed E-state index contributed by atoms with van der Waals surface area (Å²) in [6, 6.07) is 9.77. The predicted molar refractivity (Wildman–Crippen MR) is 77.8 cm³/mol. The van der Waals surface area contributed by atoms with E-state index in [0.29, 0.717) is 17.8 Å². The zero-order valence-corrected chi connectivity index (χ0v) is 11.9. The number of anilines is 1. The van der Waals surface area contributed by atoms with E-state index in [1.807, 2.05) is 30.3 Å². The molecule has 0 aromatic heterocycles. The van der Waals surface area contributed by atoms with E-state index < -0.39 is 0 Å². The van der Waals surface area contributed by atoms with Crippen LogP contribution in [0, 0.1) is 23.2 Å². The van der Waals surface area contributed by atoms with Crippen LogP contribution < -0.4 is 5.32 Å². The minimum Gasteiger partial charge on any atom is -0.326 e. The number of amides is 1. The second-order valence-corrected chi connectivity index (χ2v) is 6.82. The van der Waals surface area contributed by atoms with Gasteiger partial charge in [0.15, 0.2) is 0 Å². The van der Waals surface area contributed by atoms with Crippen LogP contribution in [0.15, 0.2) is 30.3 Å². The van der Waals surface area contributed by atoms with Gasteiger partial charge in [0, 0.05) is 12.1 Å². The molecule has 19 heavy (non-hydrogen) atoms. The first-order valence-electron chi connectivity index (χ1n) is 7.42. The van der Waals surface area contributed by atoms with E-state index in [1.165, 1.54) is 19.3 Å². The average Bonchev–Trinajstić information content (AvgIpc) is 2.93. The molecule has 2 fully saturated rings. The van der Waals surface area contributed by atoms with Crippen LogP contribution in [-0.2, 0) is 4.79 Å². The second kappa shape index (κ2) is 4.66. The van der Waals surface area contributed by atoms with Crippen molar-refractivity contribution < 1.29 is 4.79 Å². The molecular weight excluding hydrogens is 234 g/mol. The fraction of sp³-hybridized carbons (Fsp3) is 0.588. The summed E-state index contributed by atoms with van der Waals surface area (Å²) in [5.41, 5.74) is 1.25. The standard InChI is InChI=1S/C17H23NO/c1-17(2)13-9-8-12(10-13)15(17)11-16(19)18-14-6-4-3-5-7-14/h3-7,12-13,15H,8-11H2,1-2H3,(H,18,19)/t12-,13+,15+/m1/s1. The van der Waals surface area contributed by atoms with E-state index in [-0.39, 0.29) is 5.91 Å². The Hall–Kier alpha value is -1.31. The number of benzene rings is 1. The maximum atomic E-state index is 12.2. The Morgan fingerprint density at radius 2 is 2.00 bits per heavy atom. The minimum absolute atomic E-state index is 0.178. The van der Waals surface area contributed by atoms with Crippen LogP contribution >= 0.6 is 0 Å². The first kappa shape index (κ1) is 12.7. The van der Waals surface area contributed by atoms with Gasteiger partial charge in [-0.25, -0.2) is 0 Å². The molecule has 0 spiro atoms. The summed E-state index contributed by atoms with van der Waals surface area (Å²) in [7, 11) is 0. The third kappa shape index (κ3) is 2.29. The number of fused-ring (bicyclic) bond motifs is 2. The van der Waals surface area contributed by atoms with Gasteiger partial charge in [0.2, 0.25) is 5.91 Å². The second-order valence-electron chi connectivity index (χ2n) is 6.82. The number of para-hydroxylation sites is 1. The van der Waals surface area contributed by atoms with Gasteiger partial charge in [-0.05, 0) is 54.6 Å². The van der Waals surface area contributed by atoms with E-state index in [1.54, 1.807) is 0 Å². The number of hydrogen-bond donors (Lipinski definition) is 1. The van der Waals surface area contributed by atoms with Crippen molar-refractivity contribution in [1.82, 2.24) is 0 Å². The van der Waals surface area contributed by atoms with E-state index in [4.69, 9.17) is 0 Å². The van der Waals surface area contributed by atoms with Crippen LogP contribution in [0.25, 0.3) is 0 Å². The van der Waals surface area contributed by atoms with Crippen molar-refractivity contribution in [2.75, 3.05) is 5.32 Å². The molecule has 1 N–H and O–H groups in total. The average molecular weight is 257 g/mol. The monoisotopic (exact) mass is 257 g/mol. The van der Waals surface area contributed by atoms with Gasteiger partial charge in [-0.2, -0.15) is 0 Å². The lowest BCUT2D eigenvalue weighted by molar-refractivity contribution is -0.118. The molecule has 0 aliphatic heterocycles. The van der Waals surface area contributed by atoms with Crippen molar-refractivity contribution >= 4 is 11.6 Å². The SMILES string of the molecule is CC1(C)[C@H]2CC[C@H](C2)[C@@H]1CC(=O)Nc1ccccc1. The van der Waals surface area contributed by atoms with Crippen LogP contribution in [0.4, 0.5) is 5.69 Å². The number of hydrogen-bond acceptors (Lipinski definition) is 1. The molecule has 0 saturated heterocycles. The number of nitrogens with one attached hydrogen (secondary N) is 1. The van der Waals surface area contributed by atoms with Crippen molar-refractivity contribution in [3.63, 3.8) is 0 Å². The molecule has 0 heterocycles. The highest BCUT2D eigenvalue weighted by atomic mass is 16.1. The van der Waals surface area contributed by atoms with Gasteiger partial charge in [0.1, 0.15) is 0 Å². The zero-order valence-electron chi connectivity index (χ0n) is 11.9.